The van der Waals surface area contributed by atoms with Crippen LogP contribution < -0.4 is 0 Å². The Morgan fingerprint density at radius 1 is 1.07 bits per heavy atom. The summed E-state index contributed by atoms with van der Waals surface area (Å²) in [5.74, 6) is 0. The highest BCUT2D eigenvalue weighted by molar-refractivity contribution is 9.10. The van der Waals surface area contributed by atoms with Gasteiger partial charge in [0.25, 0.3) is 0 Å². The Labute approximate surface area is 102 Å². The Hall–Kier alpha value is -0.640. The summed E-state index contributed by atoms with van der Waals surface area (Å²) in [6, 6.07) is 12.3. The van der Waals surface area contributed by atoms with Gasteiger partial charge in [0.15, 0.2) is 0 Å². The summed E-state index contributed by atoms with van der Waals surface area (Å²) in [5.41, 5.74) is 1.21. The number of ether oxygens (including phenoxy) is 1. The third-order valence-corrected chi connectivity index (χ3v) is 3.94. The largest absolute Gasteiger partial charge is 0.371 e. The summed E-state index contributed by atoms with van der Waals surface area (Å²) in [7, 11) is 0. The van der Waals surface area contributed by atoms with Gasteiger partial charge in [-0.3, -0.25) is 0 Å². The van der Waals surface area contributed by atoms with Crippen molar-refractivity contribution >= 4 is 27.3 Å². The van der Waals surface area contributed by atoms with E-state index in [9.17, 15) is 0 Å². The van der Waals surface area contributed by atoms with Gasteiger partial charge in [-0.2, -0.15) is 0 Å². The summed E-state index contributed by atoms with van der Waals surface area (Å²) in [5, 5.41) is 2.06. The van der Waals surface area contributed by atoms with Crippen LogP contribution in [0.15, 0.2) is 46.3 Å². The number of benzene rings is 1. The maximum atomic E-state index is 5.63. The van der Waals surface area contributed by atoms with Crippen molar-refractivity contribution in [2.45, 2.75) is 13.2 Å². The zero-order valence-electron chi connectivity index (χ0n) is 8.15. The van der Waals surface area contributed by atoms with E-state index in [1.54, 1.807) is 11.3 Å². The first-order valence-corrected chi connectivity index (χ1v) is 6.37. The molecule has 3 heteroatoms. The SMILES string of the molecule is Brc1ccsc1COCc1ccccc1. The Morgan fingerprint density at radius 2 is 1.87 bits per heavy atom. The van der Waals surface area contributed by atoms with Crippen LogP contribution >= 0.6 is 27.3 Å². The third-order valence-electron chi connectivity index (χ3n) is 2.04. The van der Waals surface area contributed by atoms with Gasteiger partial charge in [-0.25, -0.2) is 0 Å². The van der Waals surface area contributed by atoms with Gasteiger partial charge in [0, 0.05) is 9.35 Å². The Balaban J connectivity index is 1.83. The van der Waals surface area contributed by atoms with Gasteiger partial charge >= 0.3 is 0 Å². The van der Waals surface area contributed by atoms with E-state index >= 15 is 0 Å². The molecule has 1 nitrogen and oxygen atoms in total. The van der Waals surface area contributed by atoms with E-state index in [0.29, 0.717) is 13.2 Å². The van der Waals surface area contributed by atoms with Gasteiger partial charge in [-0.15, -0.1) is 11.3 Å². The van der Waals surface area contributed by atoms with Gasteiger partial charge in [0.05, 0.1) is 13.2 Å². The minimum Gasteiger partial charge on any atom is -0.371 e. The molecule has 1 aromatic heterocycles. The molecule has 0 bridgehead atoms. The van der Waals surface area contributed by atoms with Crippen molar-refractivity contribution in [2.75, 3.05) is 0 Å². The molecule has 2 rings (SSSR count). The van der Waals surface area contributed by atoms with E-state index in [0.717, 1.165) is 4.47 Å². The lowest BCUT2D eigenvalue weighted by molar-refractivity contribution is 0.109. The van der Waals surface area contributed by atoms with Crippen molar-refractivity contribution < 1.29 is 4.74 Å². The van der Waals surface area contributed by atoms with E-state index < -0.39 is 0 Å². The van der Waals surface area contributed by atoms with Crippen LogP contribution in [0.25, 0.3) is 0 Å². The van der Waals surface area contributed by atoms with Crippen LogP contribution in [0.3, 0.4) is 0 Å². The molecule has 0 aliphatic rings. The van der Waals surface area contributed by atoms with Crippen molar-refractivity contribution in [1.82, 2.24) is 0 Å². The van der Waals surface area contributed by atoms with Crippen molar-refractivity contribution in [3.8, 4) is 0 Å². The van der Waals surface area contributed by atoms with E-state index in [2.05, 4.69) is 33.4 Å². The van der Waals surface area contributed by atoms with E-state index in [4.69, 9.17) is 4.74 Å². The second kappa shape index (κ2) is 5.45. The number of hydrogen-bond acceptors (Lipinski definition) is 2. The van der Waals surface area contributed by atoms with Crippen LogP contribution in [-0.2, 0) is 18.0 Å². The molecular formula is C12H11BrOS. The Morgan fingerprint density at radius 3 is 2.53 bits per heavy atom. The summed E-state index contributed by atoms with van der Waals surface area (Å²) >= 11 is 5.20. The second-order valence-electron chi connectivity index (χ2n) is 3.17. The first kappa shape index (κ1) is 10.9. The molecule has 0 N–H and O–H groups in total. The molecular weight excluding hydrogens is 272 g/mol. The van der Waals surface area contributed by atoms with Crippen molar-refractivity contribution in [2.24, 2.45) is 0 Å². The van der Waals surface area contributed by atoms with E-state index in [-0.39, 0.29) is 0 Å². The maximum absolute atomic E-state index is 5.63. The van der Waals surface area contributed by atoms with Crippen LogP contribution in [0.4, 0.5) is 0 Å². The summed E-state index contributed by atoms with van der Waals surface area (Å²) < 4.78 is 6.76. The molecule has 78 valence electrons. The maximum Gasteiger partial charge on any atom is 0.0825 e. The number of thiophene rings is 1. The monoisotopic (exact) mass is 282 g/mol. The standard InChI is InChI=1S/C12H11BrOS/c13-11-6-7-15-12(11)9-14-8-10-4-2-1-3-5-10/h1-7H,8-9H2. The quantitative estimate of drug-likeness (QED) is 0.816. The molecule has 15 heavy (non-hydrogen) atoms. The highest BCUT2D eigenvalue weighted by Gasteiger charge is 2.00. The molecule has 0 aliphatic carbocycles. The molecule has 0 amide bonds. The van der Waals surface area contributed by atoms with E-state index in [1.165, 1.54) is 10.4 Å². The second-order valence-corrected chi connectivity index (χ2v) is 5.03. The van der Waals surface area contributed by atoms with Crippen LogP contribution in [0.5, 0.6) is 0 Å². The summed E-state index contributed by atoms with van der Waals surface area (Å²) in [6.45, 7) is 1.35. The summed E-state index contributed by atoms with van der Waals surface area (Å²) in [6.07, 6.45) is 0. The number of hydrogen-bond donors (Lipinski definition) is 0. The first-order chi connectivity index (χ1) is 7.36. The molecule has 2 aromatic rings. The van der Waals surface area contributed by atoms with Crippen LogP contribution in [0.1, 0.15) is 10.4 Å². The minimum absolute atomic E-state index is 0.672. The molecule has 0 radical (unpaired) electrons. The average molecular weight is 283 g/mol. The van der Waals surface area contributed by atoms with Crippen molar-refractivity contribution in [3.05, 3.63) is 56.7 Å². The fourth-order valence-corrected chi connectivity index (χ4v) is 2.67. The van der Waals surface area contributed by atoms with Gasteiger partial charge in [0.1, 0.15) is 0 Å². The molecule has 0 saturated heterocycles. The predicted octanol–water partition coefficient (Wildman–Crippen LogP) is 4.23. The van der Waals surface area contributed by atoms with E-state index in [1.807, 2.05) is 24.3 Å². The highest BCUT2D eigenvalue weighted by Crippen LogP contribution is 2.23. The van der Waals surface area contributed by atoms with Gasteiger partial charge in [-0.05, 0) is 32.9 Å². The fraction of sp³-hybridized carbons (Fsp3) is 0.167. The van der Waals surface area contributed by atoms with Gasteiger partial charge in [-0.1, -0.05) is 30.3 Å². The molecule has 1 aromatic carbocycles. The highest BCUT2D eigenvalue weighted by atomic mass is 79.9. The number of rotatable bonds is 4. The van der Waals surface area contributed by atoms with Crippen LogP contribution in [-0.4, -0.2) is 0 Å². The van der Waals surface area contributed by atoms with Gasteiger partial charge in [0.2, 0.25) is 0 Å². The van der Waals surface area contributed by atoms with Crippen molar-refractivity contribution in [3.63, 3.8) is 0 Å². The smallest absolute Gasteiger partial charge is 0.0825 e. The number of halogens is 1. The van der Waals surface area contributed by atoms with Crippen LogP contribution in [0.2, 0.25) is 0 Å². The Bertz CT molecular complexity index is 411. The minimum atomic E-state index is 0.672. The van der Waals surface area contributed by atoms with Crippen LogP contribution in [0, 0.1) is 0 Å². The molecule has 0 unspecified atom stereocenters. The lowest BCUT2D eigenvalue weighted by Crippen LogP contribution is -1.92. The van der Waals surface area contributed by atoms with Crippen molar-refractivity contribution in [1.29, 1.82) is 0 Å². The Kier molecular flexibility index (Phi) is 3.94. The zero-order valence-corrected chi connectivity index (χ0v) is 10.6. The molecule has 0 fully saturated rings. The molecule has 0 aliphatic heterocycles. The molecule has 0 spiro atoms. The lowest BCUT2D eigenvalue weighted by atomic mass is 10.2. The molecule has 0 saturated carbocycles. The normalized spacial score (nSPS) is 10.5. The topological polar surface area (TPSA) is 9.23 Å². The zero-order chi connectivity index (χ0) is 10.5. The van der Waals surface area contributed by atoms with Gasteiger partial charge < -0.3 is 4.74 Å². The molecule has 1 heterocycles. The third kappa shape index (κ3) is 3.16. The predicted molar refractivity (Wildman–Crippen MR) is 67.0 cm³/mol. The average Bonchev–Trinajstić information content (AvgIpc) is 2.66. The lowest BCUT2D eigenvalue weighted by Gasteiger charge is -2.02. The summed E-state index contributed by atoms with van der Waals surface area (Å²) in [4.78, 5) is 1.24. The fourth-order valence-electron chi connectivity index (χ4n) is 1.26. The first-order valence-electron chi connectivity index (χ1n) is 4.70. The molecule has 0 atom stereocenters.